The molecule has 1 aliphatic carbocycles. The van der Waals surface area contributed by atoms with Gasteiger partial charge in [0.25, 0.3) is 0 Å². The zero-order chi connectivity index (χ0) is 14.5. The summed E-state index contributed by atoms with van der Waals surface area (Å²) < 4.78 is 13.4. The number of benzene rings is 1. The number of carbonyl (C=O) groups is 1. The van der Waals surface area contributed by atoms with Gasteiger partial charge in [-0.15, -0.1) is 12.4 Å². The van der Waals surface area contributed by atoms with Crippen molar-refractivity contribution in [3.05, 3.63) is 35.6 Å². The summed E-state index contributed by atoms with van der Waals surface area (Å²) >= 11 is 0. The van der Waals surface area contributed by atoms with Gasteiger partial charge in [-0.05, 0) is 43.4 Å². The Kier molecular flexibility index (Phi) is 7.12. The second-order valence-electron chi connectivity index (χ2n) is 5.83. The third-order valence-electron chi connectivity index (χ3n) is 3.90. The second kappa shape index (κ2) is 8.35. The minimum absolute atomic E-state index is 0. The van der Waals surface area contributed by atoms with Crippen molar-refractivity contribution in [3.8, 4) is 0 Å². The summed E-state index contributed by atoms with van der Waals surface area (Å²) in [5.41, 5.74) is 6.52. The van der Waals surface area contributed by atoms with Gasteiger partial charge in [0.15, 0.2) is 0 Å². The van der Waals surface area contributed by atoms with Gasteiger partial charge in [-0.3, -0.25) is 4.79 Å². The first-order chi connectivity index (χ1) is 9.56. The van der Waals surface area contributed by atoms with E-state index in [-0.39, 0.29) is 36.2 Å². The summed E-state index contributed by atoms with van der Waals surface area (Å²) in [4.78, 5) is 12.0. The highest BCUT2D eigenvalue weighted by molar-refractivity contribution is 5.85. The summed E-state index contributed by atoms with van der Waals surface area (Å²) in [5, 5.41) is 3.05. The molecule has 1 fully saturated rings. The normalized spacial score (nSPS) is 17.9. The predicted octanol–water partition coefficient (Wildman–Crippen LogP) is 3.33. The molecule has 0 heterocycles. The van der Waals surface area contributed by atoms with Gasteiger partial charge in [-0.25, -0.2) is 4.39 Å². The van der Waals surface area contributed by atoms with Crippen molar-refractivity contribution in [1.29, 1.82) is 0 Å². The highest BCUT2D eigenvalue weighted by atomic mass is 35.5. The molecule has 1 aromatic carbocycles. The number of amides is 1. The maximum Gasteiger partial charge on any atom is 0.222 e. The van der Waals surface area contributed by atoms with Crippen LogP contribution < -0.4 is 11.1 Å². The molecule has 1 aromatic rings. The lowest BCUT2D eigenvalue weighted by molar-refractivity contribution is -0.122. The Balaban J connectivity index is 0.00000220. The number of nitrogens with two attached hydrogens (primary N) is 1. The lowest BCUT2D eigenvalue weighted by atomic mass is 9.91. The molecule has 2 atom stereocenters. The van der Waals surface area contributed by atoms with E-state index in [2.05, 4.69) is 5.32 Å². The van der Waals surface area contributed by atoms with Gasteiger partial charge in [0.05, 0.1) is 6.04 Å². The molecule has 0 saturated heterocycles. The highest BCUT2D eigenvalue weighted by Gasteiger charge is 2.28. The zero-order valence-electron chi connectivity index (χ0n) is 12.3. The molecule has 3 N–H and O–H groups in total. The molecule has 1 aliphatic rings. The Morgan fingerprint density at radius 2 is 2.10 bits per heavy atom. The Morgan fingerprint density at radius 3 is 2.67 bits per heavy atom. The van der Waals surface area contributed by atoms with Crippen LogP contribution >= 0.6 is 12.4 Å². The molecule has 2 unspecified atom stereocenters. The first-order valence-electron chi connectivity index (χ1n) is 7.36. The molecule has 118 valence electrons. The van der Waals surface area contributed by atoms with Gasteiger partial charge in [0, 0.05) is 12.5 Å². The molecular formula is C16H24ClFN2O. The molecule has 0 spiro atoms. The Hall–Kier alpha value is -1.13. The molecule has 0 aliphatic heterocycles. The lowest BCUT2D eigenvalue weighted by Gasteiger charge is -2.25. The lowest BCUT2D eigenvalue weighted by Crippen LogP contribution is -2.35. The van der Waals surface area contributed by atoms with E-state index in [9.17, 15) is 9.18 Å². The van der Waals surface area contributed by atoms with Gasteiger partial charge in [0.1, 0.15) is 5.82 Å². The molecule has 0 bridgehead atoms. The monoisotopic (exact) mass is 314 g/mol. The molecule has 1 amide bonds. The highest BCUT2D eigenvalue weighted by Crippen LogP contribution is 2.35. The van der Waals surface area contributed by atoms with Crippen LogP contribution in [0.15, 0.2) is 24.3 Å². The molecule has 0 aromatic heterocycles. The van der Waals surface area contributed by atoms with E-state index in [0.717, 1.165) is 18.4 Å². The Bertz CT molecular complexity index is 461. The Labute approximate surface area is 131 Å². The average molecular weight is 315 g/mol. The molecule has 21 heavy (non-hydrogen) atoms. The van der Waals surface area contributed by atoms with E-state index >= 15 is 0 Å². The minimum atomic E-state index is -0.257. The topological polar surface area (TPSA) is 55.1 Å². The quantitative estimate of drug-likeness (QED) is 0.876. The standard InChI is InChI=1S/C16H23FN2O.ClH/c1-11(18)9-15(20)19-16(12-5-2-3-6-12)13-7-4-8-14(17)10-13;/h4,7-8,10-12,16H,2-3,5-6,9,18H2,1H3,(H,19,20);1H. The van der Waals surface area contributed by atoms with E-state index in [1.807, 2.05) is 13.0 Å². The molecule has 2 rings (SSSR count). The summed E-state index contributed by atoms with van der Waals surface area (Å²) in [6.07, 6.45) is 4.83. The molecule has 3 nitrogen and oxygen atoms in total. The summed E-state index contributed by atoms with van der Waals surface area (Å²) in [6, 6.07) is 6.28. The van der Waals surface area contributed by atoms with Crippen LogP contribution in [-0.4, -0.2) is 11.9 Å². The van der Waals surface area contributed by atoms with Crippen LogP contribution in [0.4, 0.5) is 4.39 Å². The SMILES string of the molecule is CC(N)CC(=O)NC(c1cccc(F)c1)C1CCCC1.Cl. The van der Waals surface area contributed by atoms with E-state index in [1.165, 1.54) is 25.0 Å². The molecule has 0 radical (unpaired) electrons. The van der Waals surface area contributed by atoms with Crippen molar-refractivity contribution in [3.63, 3.8) is 0 Å². The van der Waals surface area contributed by atoms with Crippen molar-refractivity contribution in [2.45, 2.75) is 51.1 Å². The molecular weight excluding hydrogens is 291 g/mol. The van der Waals surface area contributed by atoms with E-state index in [4.69, 9.17) is 5.73 Å². The fourth-order valence-electron chi connectivity index (χ4n) is 2.99. The molecule has 5 heteroatoms. The third-order valence-corrected chi connectivity index (χ3v) is 3.90. The van der Waals surface area contributed by atoms with Gasteiger partial charge in [0.2, 0.25) is 5.91 Å². The van der Waals surface area contributed by atoms with Crippen LogP contribution in [0.1, 0.15) is 50.6 Å². The van der Waals surface area contributed by atoms with Crippen molar-refractivity contribution in [2.75, 3.05) is 0 Å². The van der Waals surface area contributed by atoms with E-state index in [1.54, 1.807) is 6.07 Å². The van der Waals surface area contributed by atoms with Gasteiger partial charge < -0.3 is 11.1 Å². The van der Waals surface area contributed by atoms with Crippen molar-refractivity contribution < 1.29 is 9.18 Å². The second-order valence-corrected chi connectivity index (χ2v) is 5.83. The number of halogens is 2. The fraction of sp³-hybridized carbons (Fsp3) is 0.562. The number of nitrogens with one attached hydrogen (secondary N) is 1. The predicted molar refractivity (Wildman–Crippen MR) is 84.8 cm³/mol. The molecule has 1 saturated carbocycles. The third kappa shape index (κ3) is 5.29. The first-order valence-corrected chi connectivity index (χ1v) is 7.36. The van der Waals surface area contributed by atoms with Gasteiger partial charge >= 0.3 is 0 Å². The van der Waals surface area contributed by atoms with Crippen LogP contribution in [0.2, 0.25) is 0 Å². The van der Waals surface area contributed by atoms with Crippen molar-refractivity contribution >= 4 is 18.3 Å². The van der Waals surface area contributed by atoms with Gasteiger partial charge in [-0.1, -0.05) is 25.0 Å². The van der Waals surface area contributed by atoms with Crippen LogP contribution in [0.5, 0.6) is 0 Å². The van der Waals surface area contributed by atoms with E-state index < -0.39 is 0 Å². The fourth-order valence-corrected chi connectivity index (χ4v) is 2.99. The van der Waals surface area contributed by atoms with E-state index in [0.29, 0.717) is 12.3 Å². The van der Waals surface area contributed by atoms with Crippen LogP contribution in [0, 0.1) is 11.7 Å². The van der Waals surface area contributed by atoms with Crippen molar-refractivity contribution in [2.24, 2.45) is 11.7 Å². The van der Waals surface area contributed by atoms with Crippen LogP contribution in [-0.2, 0) is 4.79 Å². The summed E-state index contributed by atoms with van der Waals surface area (Å²) in [5.74, 6) is 0.0851. The average Bonchev–Trinajstić information content (AvgIpc) is 2.88. The number of carbonyl (C=O) groups excluding carboxylic acids is 1. The smallest absolute Gasteiger partial charge is 0.222 e. The largest absolute Gasteiger partial charge is 0.349 e. The summed E-state index contributed by atoms with van der Waals surface area (Å²) in [6.45, 7) is 1.81. The van der Waals surface area contributed by atoms with Crippen LogP contribution in [0.3, 0.4) is 0 Å². The van der Waals surface area contributed by atoms with Crippen LogP contribution in [0.25, 0.3) is 0 Å². The number of rotatable bonds is 5. The minimum Gasteiger partial charge on any atom is -0.349 e. The first kappa shape index (κ1) is 17.9. The zero-order valence-corrected chi connectivity index (χ0v) is 13.2. The van der Waals surface area contributed by atoms with Gasteiger partial charge in [-0.2, -0.15) is 0 Å². The van der Waals surface area contributed by atoms with Crippen molar-refractivity contribution in [1.82, 2.24) is 5.32 Å². The number of hydrogen-bond donors (Lipinski definition) is 2. The summed E-state index contributed by atoms with van der Waals surface area (Å²) in [7, 11) is 0. The maximum atomic E-state index is 13.4. The number of hydrogen-bond acceptors (Lipinski definition) is 2. The Morgan fingerprint density at radius 1 is 1.43 bits per heavy atom. The maximum absolute atomic E-state index is 13.4.